The summed E-state index contributed by atoms with van der Waals surface area (Å²) in [6, 6.07) is 0. The maximum atomic E-state index is 14.3. The largest absolute Gasteiger partial charge is 0.472 e. The fraction of sp³-hybridized carbons (Fsp3) is 0.873. The molecule has 25 heteroatoms. The van der Waals surface area contributed by atoms with Crippen LogP contribution in [0.1, 0.15) is 265 Å². The van der Waals surface area contributed by atoms with Gasteiger partial charge in [0.15, 0.2) is 18.7 Å². The zero-order valence-corrected chi connectivity index (χ0v) is 59.0. The lowest BCUT2D eigenvalue weighted by molar-refractivity contribution is -0.360. The van der Waals surface area contributed by atoms with Gasteiger partial charge in [0, 0.05) is 19.3 Å². The number of unbranched alkanes of at least 4 members (excludes halogenated alkanes) is 29. The van der Waals surface area contributed by atoms with Crippen molar-refractivity contribution in [1.82, 2.24) is 0 Å². The molecule has 2 saturated heterocycles. The maximum absolute atomic E-state index is 14.3. The van der Waals surface area contributed by atoms with Crippen LogP contribution in [0.2, 0.25) is 0 Å². The number of aliphatic hydroxyl groups is 10. The summed E-state index contributed by atoms with van der Waals surface area (Å²) >= 11 is 0. The summed E-state index contributed by atoms with van der Waals surface area (Å²) in [5.41, 5.74) is 0. The van der Waals surface area contributed by atoms with Gasteiger partial charge in [0.25, 0.3) is 0 Å². The van der Waals surface area contributed by atoms with Crippen molar-refractivity contribution >= 4 is 25.7 Å². The molecular formula is C71H127O24P. The molecule has 0 aromatic rings. The van der Waals surface area contributed by atoms with E-state index in [1.807, 2.05) is 0 Å². The number of allylic oxidation sites excluding steroid dienone is 6. The van der Waals surface area contributed by atoms with Crippen LogP contribution in [0.5, 0.6) is 0 Å². The third kappa shape index (κ3) is 36.2. The lowest BCUT2D eigenvalue weighted by Gasteiger charge is -2.49. The van der Waals surface area contributed by atoms with Gasteiger partial charge in [0.2, 0.25) is 0 Å². The molecule has 18 atom stereocenters. The molecular weight excluding hydrogens is 1270 g/mol. The van der Waals surface area contributed by atoms with Gasteiger partial charge < -0.3 is 89.1 Å². The van der Waals surface area contributed by atoms with Crippen molar-refractivity contribution in [1.29, 1.82) is 0 Å². The molecule has 3 aliphatic rings. The SMILES string of the molecule is CCCCCCCC/C=C\CCCCCC(=O)OCC(COP(=O)(O)OC1C(OC2OC(CO)C(O)C(O)C2O)C(O)C(O)C(O)C1OC1OC(COC(=O)CCCCC/C=C\CCCCCCCCC)C(O)C(O)C1O)OC(=O)CCCCC/C=C\CCCCCCCCC. The molecule has 0 bridgehead atoms. The first kappa shape index (κ1) is 87.4. The smallest absolute Gasteiger partial charge is 0.463 e. The quantitative estimate of drug-likeness (QED) is 0.00887. The van der Waals surface area contributed by atoms with Gasteiger partial charge in [-0.05, 0) is 96.3 Å². The highest BCUT2D eigenvalue weighted by Crippen LogP contribution is 2.49. The molecule has 0 amide bonds. The van der Waals surface area contributed by atoms with Crippen LogP contribution in [0.4, 0.5) is 0 Å². The summed E-state index contributed by atoms with van der Waals surface area (Å²) in [5.74, 6) is -2.05. The predicted molar refractivity (Wildman–Crippen MR) is 361 cm³/mol. The summed E-state index contributed by atoms with van der Waals surface area (Å²) in [4.78, 5) is 50.9. The molecule has 3 fully saturated rings. The van der Waals surface area contributed by atoms with Crippen molar-refractivity contribution in [2.45, 2.75) is 369 Å². The van der Waals surface area contributed by atoms with Crippen molar-refractivity contribution in [3.8, 4) is 0 Å². The Balaban J connectivity index is 1.76. The zero-order valence-electron chi connectivity index (χ0n) is 58.2. The summed E-state index contributed by atoms with van der Waals surface area (Å²) < 4.78 is 64.9. The monoisotopic (exact) mass is 1390 g/mol. The molecule has 560 valence electrons. The van der Waals surface area contributed by atoms with E-state index < -0.39 is 156 Å². The number of esters is 3. The van der Waals surface area contributed by atoms with Crippen LogP contribution in [0, 0.1) is 0 Å². The lowest BCUT2D eigenvalue weighted by atomic mass is 9.84. The predicted octanol–water partition coefficient (Wildman–Crippen LogP) is 9.51. The van der Waals surface area contributed by atoms with Crippen molar-refractivity contribution < 1.29 is 117 Å². The number of phosphoric acid groups is 1. The number of carbonyl (C=O) groups is 3. The average molecular weight is 1400 g/mol. The van der Waals surface area contributed by atoms with E-state index in [1.54, 1.807) is 0 Å². The number of carbonyl (C=O) groups excluding carboxylic acids is 3. The minimum atomic E-state index is -5.70. The summed E-state index contributed by atoms with van der Waals surface area (Å²) in [6.45, 7) is 3.37. The molecule has 0 aromatic carbocycles. The third-order valence-corrected chi connectivity index (χ3v) is 18.8. The molecule has 3 rings (SSSR count). The maximum Gasteiger partial charge on any atom is 0.472 e. The van der Waals surface area contributed by atoms with Gasteiger partial charge in [0.1, 0.15) is 98.7 Å². The van der Waals surface area contributed by atoms with Crippen molar-refractivity contribution in [2.75, 3.05) is 26.4 Å². The second-order valence-electron chi connectivity index (χ2n) is 26.3. The number of aliphatic hydroxyl groups excluding tert-OH is 10. The van der Waals surface area contributed by atoms with Crippen molar-refractivity contribution in [3.05, 3.63) is 36.5 Å². The molecule has 2 heterocycles. The van der Waals surface area contributed by atoms with E-state index in [9.17, 15) is 74.9 Å². The topological polar surface area (TPSA) is 374 Å². The molecule has 24 nitrogen and oxygen atoms in total. The van der Waals surface area contributed by atoms with Crippen LogP contribution < -0.4 is 0 Å². The number of rotatable bonds is 56. The van der Waals surface area contributed by atoms with E-state index in [0.29, 0.717) is 25.7 Å². The Morgan fingerprint density at radius 2 is 0.729 bits per heavy atom. The summed E-state index contributed by atoms with van der Waals surface area (Å²) in [7, 11) is -5.70. The molecule has 0 aromatic heterocycles. The Kier molecular flexibility index (Phi) is 48.3. The number of phosphoric ester groups is 1. The van der Waals surface area contributed by atoms with Crippen LogP contribution in [0.15, 0.2) is 36.5 Å². The van der Waals surface area contributed by atoms with Crippen LogP contribution >= 0.6 is 7.82 Å². The van der Waals surface area contributed by atoms with Gasteiger partial charge in [-0.15, -0.1) is 0 Å². The highest BCUT2D eigenvalue weighted by atomic mass is 31.2. The average Bonchev–Trinajstić information content (AvgIpc) is 0.764. The molecule has 1 aliphatic carbocycles. The number of hydrogen-bond donors (Lipinski definition) is 11. The van der Waals surface area contributed by atoms with Crippen molar-refractivity contribution in [3.63, 3.8) is 0 Å². The fourth-order valence-electron chi connectivity index (χ4n) is 11.8. The Labute approximate surface area is 572 Å². The first-order valence-corrected chi connectivity index (χ1v) is 38.3. The zero-order chi connectivity index (χ0) is 70.4. The van der Waals surface area contributed by atoms with Crippen molar-refractivity contribution in [2.24, 2.45) is 0 Å². The lowest BCUT2D eigenvalue weighted by Crippen LogP contribution is -2.69. The van der Waals surface area contributed by atoms with Gasteiger partial charge in [-0.2, -0.15) is 0 Å². The van der Waals surface area contributed by atoms with E-state index >= 15 is 0 Å². The summed E-state index contributed by atoms with van der Waals surface area (Å²) in [6.07, 6.45) is 13.7. The normalized spacial score (nSPS) is 28.1. The molecule has 1 saturated carbocycles. The van der Waals surface area contributed by atoms with E-state index in [0.717, 1.165) is 89.9 Å². The van der Waals surface area contributed by atoms with E-state index in [4.69, 9.17) is 42.2 Å². The Morgan fingerprint density at radius 3 is 1.12 bits per heavy atom. The molecule has 96 heavy (non-hydrogen) atoms. The van der Waals surface area contributed by atoms with E-state index in [1.165, 1.54) is 109 Å². The second kappa shape index (κ2) is 53.1. The van der Waals surface area contributed by atoms with Gasteiger partial charge in [-0.25, -0.2) is 4.57 Å². The molecule has 0 radical (unpaired) electrons. The summed E-state index contributed by atoms with van der Waals surface area (Å²) in [5, 5.41) is 110. The second-order valence-corrected chi connectivity index (χ2v) is 27.7. The first-order valence-electron chi connectivity index (χ1n) is 36.8. The third-order valence-electron chi connectivity index (χ3n) is 17.9. The molecule has 2 aliphatic heterocycles. The standard InChI is InChI=1S/C71H127O24P/c1-4-7-10-13-16-19-22-25-28-31-34-37-40-43-46-56(74)88-51-54-59(77)61(79)66(84)71(92-54)94-68-64(82)62(80)63(81)67(93-70-65(83)60(78)58(76)53(48-72)91-70)69(68)95-96(85,86)89-50-52(49-87-55(73)45-42-39-36-33-30-27-24-21-18-15-12-9-6-3)90-57(75)47-44-41-38-35-32-29-26-23-20-17-14-11-8-5-2/h27-32,52-54,58-72,76-84H,4-26,33-51H2,1-3H3,(H,85,86)/b30-27-,31-28-,32-29-. The molecule has 18 unspecified atom stereocenters. The highest BCUT2D eigenvalue weighted by molar-refractivity contribution is 7.47. The van der Waals surface area contributed by atoms with E-state index in [-0.39, 0.29) is 19.3 Å². The molecule has 11 N–H and O–H groups in total. The van der Waals surface area contributed by atoms with E-state index in [2.05, 4.69) is 57.2 Å². The minimum absolute atomic E-state index is 0.00613. The van der Waals surface area contributed by atoms with Crippen LogP contribution in [-0.2, 0) is 61.2 Å². The first-order chi connectivity index (χ1) is 46.3. The van der Waals surface area contributed by atoms with Gasteiger partial charge >= 0.3 is 25.7 Å². The van der Waals surface area contributed by atoms with Crippen LogP contribution in [0.25, 0.3) is 0 Å². The van der Waals surface area contributed by atoms with Gasteiger partial charge in [-0.3, -0.25) is 23.4 Å². The van der Waals surface area contributed by atoms with Gasteiger partial charge in [-0.1, -0.05) is 186 Å². The fourth-order valence-corrected chi connectivity index (χ4v) is 12.8. The Morgan fingerprint density at radius 1 is 0.396 bits per heavy atom. The Hall–Kier alpha value is -2.82. The minimum Gasteiger partial charge on any atom is -0.463 e. The Bertz CT molecular complexity index is 2140. The van der Waals surface area contributed by atoms with Crippen LogP contribution in [-0.4, -0.2) is 204 Å². The van der Waals surface area contributed by atoms with Gasteiger partial charge in [0.05, 0.1) is 13.2 Å². The number of hydrogen-bond acceptors (Lipinski definition) is 23. The van der Waals surface area contributed by atoms with Crippen LogP contribution in [0.3, 0.4) is 0 Å². The highest BCUT2D eigenvalue weighted by Gasteiger charge is 2.58. The number of ether oxygens (including phenoxy) is 7. The molecule has 0 spiro atoms.